The summed E-state index contributed by atoms with van der Waals surface area (Å²) in [4.78, 5) is 11.8. The van der Waals surface area contributed by atoms with Crippen molar-refractivity contribution in [2.24, 2.45) is 0 Å². The summed E-state index contributed by atoms with van der Waals surface area (Å²) in [6.07, 6.45) is 3.02. The normalized spacial score (nSPS) is 10.7. The van der Waals surface area contributed by atoms with Crippen LogP contribution in [0, 0.1) is 0 Å². The van der Waals surface area contributed by atoms with Crippen molar-refractivity contribution < 1.29 is 15.0 Å². The van der Waals surface area contributed by atoms with Crippen molar-refractivity contribution in [2.45, 2.75) is 0 Å². The summed E-state index contributed by atoms with van der Waals surface area (Å²) in [7, 11) is 0. The van der Waals surface area contributed by atoms with Crippen LogP contribution in [0.3, 0.4) is 0 Å². The second-order valence-electron chi connectivity index (χ2n) is 3.78. The Balaban J connectivity index is 2.23. The fourth-order valence-electron chi connectivity index (χ4n) is 1.56. The van der Waals surface area contributed by atoms with Gasteiger partial charge in [0.05, 0.1) is 5.56 Å². The molecule has 3 heteroatoms. The van der Waals surface area contributed by atoms with Crippen LogP contribution in [0.15, 0.2) is 54.6 Å². The highest BCUT2D eigenvalue weighted by Crippen LogP contribution is 2.28. The minimum Gasteiger partial charge on any atom is -0.504 e. The predicted octanol–water partition coefficient (Wildman–Crippen LogP) is 2.99. The van der Waals surface area contributed by atoms with E-state index in [1.807, 2.05) is 30.3 Å². The first-order chi connectivity index (χ1) is 8.68. The lowest BCUT2D eigenvalue weighted by Crippen LogP contribution is -1.94. The van der Waals surface area contributed by atoms with Crippen LogP contribution in [0.25, 0.3) is 6.08 Å². The van der Waals surface area contributed by atoms with Crippen LogP contribution >= 0.6 is 0 Å². The number of hydrogen-bond acceptors (Lipinski definition) is 3. The van der Waals surface area contributed by atoms with Crippen molar-refractivity contribution in [2.75, 3.05) is 0 Å². The van der Waals surface area contributed by atoms with E-state index in [0.717, 1.165) is 5.56 Å². The number of ketones is 1. The molecule has 0 bridgehead atoms. The highest BCUT2D eigenvalue weighted by atomic mass is 16.3. The highest BCUT2D eigenvalue weighted by Gasteiger charge is 2.10. The summed E-state index contributed by atoms with van der Waals surface area (Å²) in [5.41, 5.74) is 0.979. The molecule has 0 atom stereocenters. The van der Waals surface area contributed by atoms with Gasteiger partial charge in [-0.15, -0.1) is 0 Å². The van der Waals surface area contributed by atoms with Crippen molar-refractivity contribution in [1.82, 2.24) is 0 Å². The number of aromatic hydroxyl groups is 2. The van der Waals surface area contributed by atoms with Crippen molar-refractivity contribution in [3.05, 3.63) is 65.7 Å². The molecule has 0 saturated heterocycles. The van der Waals surface area contributed by atoms with E-state index in [1.165, 1.54) is 24.3 Å². The Morgan fingerprint density at radius 3 is 2.39 bits per heavy atom. The molecule has 0 radical (unpaired) electrons. The molecule has 0 amide bonds. The summed E-state index contributed by atoms with van der Waals surface area (Å²) >= 11 is 0. The van der Waals surface area contributed by atoms with E-state index in [-0.39, 0.29) is 22.8 Å². The van der Waals surface area contributed by atoms with Gasteiger partial charge in [-0.05, 0) is 23.8 Å². The lowest BCUT2D eigenvalue weighted by molar-refractivity contribution is 0.104. The van der Waals surface area contributed by atoms with Gasteiger partial charge >= 0.3 is 0 Å². The first-order valence-corrected chi connectivity index (χ1v) is 5.47. The lowest BCUT2D eigenvalue weighted by atomic mass is 10.1. The molecule has 0 aliphatic carbocycles. The Kier molecular flexibility index (Phi) is 3.44. The van der Waals surface area contributed by atoms with Crippen LogP contribution in [-0.4, -0.2) is 16.0 Å². The monoisotopic (exact) mass is 240 g/mol. The van der Waals surface area contributed by atoms with Crippen molar-refractivity contribution in [3.63, 3.8) is 0 Å². The van der Waals surface area contributed by atoms with Gasteiger partial charge in [0.2, 0.25) is 0 Å². The molecule has 90 valence electrons. The van der Waals surface area contributed by atoms with Gasteiger partial charge in [0, 0.05) is 0 Å². The minimum atomic E-state index is -0.389. The Labute approximate surface area is 105 Å². The van der Waals surface area contributed by atoms with Crippen molar-refractivity contribution in [1.29, 1.82) is 0 Å². The number of para-hydroxylation sites is 1. The fraction of sp³-hybridized carbons (Fsp3) is 0. The predicted molar refractivity (Wildman–Crippen MR) is 69.6 cm³/mol. The molecule has 0 unspecified atom stereocenters. The highest BCUT2D eigenvalue weighted by molar-refractivity contribution is 6.09. The first-order valence-electron chi connectivity index (χ1n) is 5.47. The largest absolute Gasteiger partial charge is 0.504 e. The fourth-order valence-corrected chi connectivity index (χ4v) is 1.56. The van der Waals surface area contributed by atoms with Gasteiger partial charge in [-0.25, -0.2) is 0 Å². The molecule has 18 heavy (non-hydrogen) atoms. The molecule has 0 heterocycles. The van der Waals surface area contributed by atoms with E-state index < -0.39 is 0 Å². The topological polar surface area (TPSA) is 57.5 Å². The summed E-state index contributed by atoms with van der Waals surface area (Å²) in [5, 5.41) is 18.9. The number of hydrogen-bond donors (Lipinski definition) is 2. The van der Waals surface area contributed by atoms with E-state index in [1.54, 1.807) is 6.08 Å². The third kappa shape index (κ3) is 2.58. The summed E-state index contributed by atoms with van der Waals surface area (Å²) in [6.45, 7) is 0. The van der Waals surface area contributed by atoms with E-state index >= 15 is 0 Å². The van der Waals surface area contributed by atoms with Crippen molar-refractivity contribution in [3.8, 4) is 11.5 Å². The van der Waals surface area contributed by atoms with Crippen LogP contribution in [0.2, 0.25) is 0 Å². The maximum Gasteiger partial charge on any atom is 0.189 e. The molecule has 0 saturated carbocycles. The second-order valence-corrected chi connectivity index (χ2v) is 3.78. The zero-order chi connectivity index (χ0) is 13.0. The molecule has 0 aromatic heterocycles. The zero-order valence-electron chi connectivity index (χ0n) is 9.58. The molecule has 0 fully saturated rings. The molecule has 0 spiro atoms. The Hall–Kier alpha value is -2.55. The number of carbonyl (C=O) groups is 1. The molecule has 3 nitrogen and oxygen atoms in total. The molecular formula is C15H12O3. The van der Waals surface area contributed by atoms with E-state index in [4.69, 9.17) is 0 Å². The smallest absolute Gasteiger partial charge is 0.189 e. The zero-order valence-corrected chi connectivity index (χ0v) is 9.58. The van der Waals surface area contributed by atoms with Gasteiger partial charge in [-0.3, -0.25) is 4.79 Å². The molecule has 2 aromatic rings. The number of carbonyl (C=O) groups excluding carboxylic acids is 1. The number of benzene rings is 2. The van der Waals surface area contributed by atoms with Crippen LogP contribution in [-0.2, 0) is 0 Å². The Morgan fingerprint density at radius 2 is 1.67 bits per heavy atom. The second kappa shape index (κ2) is 5.19. The minimum absolute atomic E-state index is 0.0854. The van der Waals surface area contributed by atoms with Gasteiger partial charge in [0.1, 0.15) is 0 Å². The third-order valence-corrected chi connectivity index (χ3v) is 2.51. The summed E-state index contributed by atoms with van der Waals surface area (Å²) < 4.78 is 0. The SMILES string of the molecule is O=C(C=Cc1ccccc1)c1cccc(O)c1O. The molecule has 2 N–H and O–H groups in total. The van der Waals surface area contributed by atoms with Gasteiger partial charge in [-0.2, -0.15) is 0 Å². The van der Waals surface area contributed by atoms with E-state index in [2.05, 4.69) is 0 Å². The average molecular weight is 240 g/mol. The van der Waals surface area contributed by atoms with Gasteiger partial charge in [-0.1, -0.05) is 42.5 Å². The standard InChI is InChI=1S/C15H12O3/c16-13(10-9-11-5-2-1-3-6-11)12-7-4-8-14(17)15(12)18/h1-10,17-18H. The van der Waals surface area contributed by atoms with Crippen LogP contribution in [0.1, 0.15) is 15.9 Å². The number of phenolic OH excluding ortho intramolecular Hbond substituents is 2. The molecule has 0 aliphatic heterocycles. The summed E-state index contributed by atoms with van der Waals surface area (Å²) in [5.74, 6) is -1.04. The molecule has 2 rings (SSSR count). The van der Waals surface area contributed by atoms with Crippen LogP contribution in [0.5, 0.6) is 11.5 Å². The first kappa shape index (κ1) is 11.9. The number of allylic oxidation sites excluding steroid dienone is 1. The maximum absolute atomic E-state index is 11.8. The van der Waals surface area contributed by atoms with Crippen LogP contribution < -0.4 is 0 Å². The molecule has 2 aromatic carbocycles. The van der Waals surface area contributed by atoms with E-state index in [0.29, 0.717) is 0 Å². The van der Waals surface area contributed by atoms with E-state index in [9.17, 15) is 15.0 Å². The Morgan fingerprint density at radius 1 is 0.944 bits per heavy atom. The summed E-state index contributed by atoms with van der Waals surface area (Å²) in [6, 6.07) is 13.7. The van der Waals surface area contributed by atoms with Gasteiger partial charge in [0.15, 0.2) is 17.3 Å². The van der Waals surface area contributed by atoms with Gasteiger partial charge in [0.25, 0.3) is 0 Å². The van der Waals surface area contributed by atoms with Crippen LogP contribution in [0.4, 0.5) is 0 Å². The Bertz CT molecular complexity index is 586. The molecule has 0 aliphatic rings. The maximum atomic E-state index is 11.8. The third-order valence-electron chi connectivity index (χ3n) is 2.51. The number of phenols is 2. The quantitative estimate of drug-likeness (QED) is 0.492. The lowest BCUT2D eigenvalue weighted by Gasteiger charge is -2.01. The molecular weight excluding hydrogens is 228 g/mol. The van der Waals surface area contributed by atoms with Gasteiger partial charge < -0.3 is 10.2 Å². The van der Waals surface area contributed by atoms with Crippen molar-refractivity contribution >= 4 is 11.9 Å². The number of rotatable bonds is 3. The average Bonchev–Trinajstić information content (AvgIpc) is 2.40.